The van der Waals surface area contributed by atoms with Gasteiger partial charge in [-0.2, -0.15) is 0 Å². The number of aliphatic hydroxyl groups excluding tert-OH is 1. The highest BCUT2D eigenvalue weighted by atomic mass is 16.7. The molecule has 0 bridgehead atoms. The molecule has 2 heterocycles. The molecule has 4 amide bonds. The average Bonchev–Trinajstić information content (AvgIpc) is 3.49. The number of carbonyl (C=O) groups excluding carboxylic acids is 3. The fraction of sp³-hybridized carbons (Fsp3) is 0.531. The van der Waals surface area contributed by atoms with Crippen LogP contribution in [-0.2, 0) is 16.0 Å². The van der Waals surface area contributed by atoms with Gasteiger partial charge in [-0.25, -0.2) is 4.79 Å². The number of carbonyl (C=O) groups is 3. The number of likely N-dealkylation sites (N-methyl/N-ethyl adjacent to an activating group) is 1. The first-order valence-corrected chi connectivity index (χ1v) is 15.1. The molecule has 3 atom stereocenters. The van der Waals surface area contributed by atoms with E-state index in [1.54, 1.807) is 53.2 Å². The number of ether oxygens (including phenoxy) is 3. The molecule has 0 unspecified atom stereocenters. The van der Waals surface area contributed by atoms with Crippen LogP contribution in [0.4, 0.5) is 16.2 Å². The number of urea groups is 1. The number of benzene rings is 2. The van der Waals surface area contributed by atoms with E-state index in [9.17, 15) is 19.5 Å². The van der Waals surface area contributed by atoms with Crippen molar-refractivity contribution in [3.63, 3.8) is 0 Å². The molecule has 1 fully saturated rings. The Hall–Kier alpha value is -3.99. The van der Waals surface area contributed by atoms with Gasteiger partial charge in [0.25, 0.3) is 0 Å². The van der Waals surface area contributed by atoms with Crippen LogP contribution in [0.1, 0.15) is 51.5 Å². The highest BCUT2D eigenvalue weighted by molar-refractivity contribution is 5.93. The monoisotopic (exact) mass is 594 g/mol. The Morgan fingerprint density at radius 3 is 2.47 bits per heavy atom. The summed E-state index contributed by atoms with van der Waals surface area (Å²) in [5.41, 5.74) is 1.84. The van der Waals surface area contributed by atoms with Crippen molar-refractivity contribution < 1.29 is 33.7 Å². The van der Waals surface area contributed by atoms with Crippen molar-refractivity contribution in [2.24, 2.45) is 11.8 Å². The van der Waals surface area contributed by atoms with Crippen LogP contribution in [0.3, 0.4) is 0 Å². The van der Waals surface area contributed by atoms with Crippen LogP contribution >= 0.6 is 0 Å². The zero-order valence-electron chi connectivity index (χ0n) is 25.1. The van der Waals surface area contributed by atoms with Gasteiger partial charge in [0.2, 0.25) is 18.6 Å². The maximum Gasteiger partial charge on any atom is 0.321 e. The molecule has 1 aliphatic carbocycles. The number of hydrogen-bond acceptors (Lipinski definition) is 7. The van der Waals surface area contributed by atoms with Crippen molar-refractivity contribution in [3.05, 3.63) is 42.0 Å². The number of anilines is 2. The first-order chi connectivity index (χ1) is 20.7. The highest BCUT2D eigenvalue weighted by Crippen LogP contribution is 2.34. The lowest BCUT2D eigenvalue weighted by atomic mass is 9.88. The van der Waals surface area contributed by atoms with E-state index in [4.69, 9.17) is 14.2 Å². The Labute approximate surface area is 252 Å². The zero-order valence-corrected chi connectivity index (χ0v) is 25.1. The number of rotatable bonds is 7. The first-order valence-electron chi connectivity index (χ1n) is 15.1. The maximum atomic E-state index is 13.5. The number of aliphatic hydroxyl groups is 1. The van der Waals surface area contributed by atoms with E-state index in [1.165, 1.54) is 6.42 Å². The number of nitrogens with zero attached hydrogens (tertiary/aromatic N) is 2. The molecule has 11 nitrogen and oxygen atoms in total. The normalized spacial score (nSPS) is 21.0. The molecule has 232 valence electrons. The molecule has 43 heavy (non-hydrogen) atoms. The van der Waals surface area contributed by atoms with Crippen molar-refractivity contribution >= 4 is 29.2 Å². The number of nitrogens with one attached hydrogen (secondary N) is 2. The smallest absolute Gasteiger partial charge is 0.321 e. The van der Waals surface area contributed by atoms with E-state index in [2.05, 4.69) is 10.6 Å². The van der Waals surface area contributed by atoms with Crippen molar-refractivity contribution in [3.8, 4) is 17.2 Å². The van der Waals surface area contributed by atoms with E-state index in [0.717, 1.165) is 25.7 Å². The number of amides is 4. The second-order valence-corrected chi connectivity index (χ2v) is 11.9. The van der Waals surface area contributed by atoms with E-state index in [1.807, 2.05) is 13.8 Å². The van der Waals surface area contributed by atoms with Gasteiger partial charge in [-0.3, -0.25) is 9.59 Å². The van der Waals surface area contributed by atoms with Gasteiger partial charge in [-0.1, -0.05) is 26.2 Å². The molecule has 11 heteroatoms. The summed E-state index contributed by atoms with van der Waals surface area (Å²) in [5.74, 6) is 1.44. The third-order valence-corrected chi connectivity index (χ3v) is 8.58. The van der Waals surface area contributed by atoms with Crippen LogP contribution in [0.5, 0.6) is 17.2 Å². The van der Waals surface area contributed by atoms with Crippen molar-refractivity contribution in [1.82, 2.24) is 9.80 Å². The van der Waals surface area contributed by atoms with Gasteiger partial charge in [-0.05, 0) is 50.1 Å². The molecule has 0 radical (unpaired) electrons. The van der Waals surface area contributed by atoms with Gasteiger partial charge < -0.3 is 39.8 Å². The minimum atomic E-state index is -0.465. The van der Waals surface area contributed by atoms with Crippen LogP contribution in [0.15, 0.2) is 36.4 Å². The summed E-state index contributed by atoms with van der Waals surface area (Å²) >= 11 is 0. The lowest BCUT2D eigenvalue weighted by Gasteiger charge is -2.34. The molecule has 2 aromatic rings. The molecular formula is C32H42N4O7. The van der Waals surface area contributed by atoms with E-state index in [0.29, 0.717) is 40.7 Å². The number of fused-ring (bicyclic) bond motifs is 2. The Balaban J connectivity index is 1.34. The second-order valence-electron chi connectivity index (χ2n) is 11.9. The highest BCUT2D eigenvalue weighted by Gasteiger charge is 2.32. The molecular weight excluding hydrogens is 552 g/mol. The number of hydrogen-bond donors (Lipinski definition) is 3. The fourth-order valence-corrected chi connectivity index (χ4v) is 5.88. The zero-order chi connectivity index (χ0) is 30.5. The summed E-state index contributed by atoms with van der Waals surface area (Å²) in [4.78, 5) is 42.8. The van der Waals surface area contributed by atoms with Gasteiger partial charge in [0.1, 0.15) is 11.9 Å². The molecule has 0 aromatic heterocycles. The van der Waals surface area contributed by atoms with Crippen molar-refractivity contribution in [1.29, 1.82) is 0 Å². The van der Waals surface area contributed by atoms with Crippen LogP contribution in [0.25, 0.3) is 0 Å². The standard InChI is InChI=1S/C32H42N4O7/c1-20-16-36(21(2)18-37)30(38)14-23-13-24(33-31(39)22-7-5-4-6-8-22)9-11-26(23)43-29(20)17-35(3)32(40)34-25-10-12-27-28(15-25)42-19-41-27/h9-13,15,20-22,29,37H,4-8,14,16-19H2,1-3H3,(H,33,39)(H,34,40)/t20-,21+,29+/m1/s1. The topological polar surface area (TPSA) is 130 Å². The fourth-order valence-electron chi connectivity index (χ4n) is 5.88. The van der Waals surface area contributed by atoms with Crippen LogP contribution in [-0.4, -0.2) is 78.4 Å². The molecule has 1 saturated carbocycles. The van der Waals surface area contributed by atoms with Gasteiger partial charge >= 0.3 is 6.03 Å². The van der Waals surface area contributed by atoms with Crippen LogP contribution in [0.2, 0.25) is 0 Å². The third kappa shape index (κ3) is 7.33. The Morgan fingerprint density at radius 1 is 1.02 bits per heavy atom. The van der Waals surface area contributed by atoms with E-state index in [-0.39, 0.29) is 56.0 Å². The predicted octanol–water partition coefficient (Wildman–Crippen LogP) is 4.25. The SMILES string of the molecule is C[C@@H]1CN([C@@H](C)CO)C(=O)Cc2cc(NC(=O)C3CCCCC3)ccc2O[C@H]1CN(C)C(=O)Nc1ccc2c(c1)OCO2. The molecule has 5 rings (SSSR count). The largest absolute Gasteiger partial charge is 0.488 e. The first kappa shape index (κ1) is 30.5. The molecule has 0 spiro atoms. The lowest BCUT2D eigenvalue weighted by Crippen LogP contribution is -2.48. The summed E-state index contributed by atoms with van der Waals surface area (Å²) < 4.78 is 17.3. The molecule has 0 saturated heterocycles. The van der Waals surface area contributed by atoms with Gasteiger partial charge in [0.05, 0.1) is 25.6 Å². The molecule has 2 aromatic carbocycles. The van der Waals surface area contributed by atoms with Gasteiger partial charge in [0.15, 0.2) is 11.5 Å². The van der Waals surface area contributed by atoms with Gasteiger partial charge in [0, 0.05) is 48.4 Å². The lowest BCUT2D eigenvalue weighted by molar-refractivity contribution is -0.134. The Bertz CT molecular complexity index is 1330. The summed E-state index contributed by atoms with van der Waals surface area (Å²) in [6, 6.07) is 9.89. The quantitative estimate of drug-likeness (QED) is 0.437. The van der Waals surface area contributed by atoms with E-state index < -0.39 is 12.1 Å². The van der Waals surface area contributed by atoms with Crippen LogP contribution in [0, 0.1) is 11.8 Å². The van der Waals surface area contributed by atoms with E-state index >= 15 is 0 Å². The van der Waals surface area contributed by atoms with Gasteiger partial charge in [-0.15, -0.1) is 0 Å². The average molecular weight is 595 g/mol. The third-order valence-electron chi connectivity index (χ3n) is 8.58. The predicted molar refractivity (Wildman–Crippen MR) is 161 cm³/mol. The van der Waals surface area contributed by atoms with Crippen LogP contribution < -0.4 is 24.8 Å². The minimum Gasteiger partial charge on any atom is -0.488 e. The summed E-state index contributed by atoms with van der Waals surface area (Å²) in [5, 5.41) is 15.8. The maximum absolute atomic E-state index is 13.5. The minimum absolute atomic E-state index is 0.00214. The second kappa shape index (κ2) is 13.5. The summed E-state index contributed by atoms with van der Waals surface area (Å²) in [6.45, 7) is 4.35. The van der Waals surface area contributed by atoms with Crippen molar-refractivity contribution in [2.45, 2.75) is 64.5 Å². The summed E-state index contributed by atoms with van der Waals surface area (Å²) in [7, 11) is 1.69. The molecule has 3 N–H and O–H groups in total. The van der Waals surface area contributed by atoms with Crippen molar-refractivity contribution in [2.75, 3.05) is 44.2 Å². The Morgan fingerprint density at radius 2 is 1.72 bits per heavy atom. The molecule has 2 aliphatic heterocycles. The molecule has 3 aliphatic rings. The Kier molecular flexibility index (Phi) is 9.59. The summed E-state index contributed by atoms with van der Waals surface area (Å²) in [6.07, 6.45) is 4.67.